The molecular formula is C14H9F3N2O. The number of ether oxygens (including phenoxy) is 1. The quantitative estimate of drug-likeness (QED) is 0.831. The van der Waals surface area contributed by atoms with Crippen molar-refractivity contribution in [3.63, 3.8) is 0 Å². The van der Waals surface area contributed by atoms with E-state index in [4.69, 9.17) is 10.00 Å². The number of rotatable bonds is 2. The predicted octanol–water partition coefficient (Wildman–Crippen LogP) is 4.07. The lowest BCUT2D eigenvalue weighted by atomic mass is 10.2. The molecule has 3 nitrogen and oxygen atoms in total. The van der Waals surface area contributed by atoms with Gasteiger partial charge in [-0.3, -0.25) is 0 Å². The fraction of sp³-hybridized carbons (Fsp3) is 0.143. The molecule has 0 bridgehead atoms. The number of hydrogen-bond acceptors (Lipinski definition) is 3. The van der Waals surface area contributed by atoms with Crippen molar-refractivity contribution in [2.45, 2.75) is 13.1 Å². The molecule has 20 heavy (non-hydrogen) atoms. The predicted molar refractivity (Wildman–Crippen MR) is 65.2 cm³/mol. The monoisotopic (exact) mass is 278 g/mol. The van der Waals surface area contributed by atoms with E-state index in [1.165, 1.54) is 12.1 Å². The van der Waals surface area contributed by atoms with Crippen LogP contribution in [0.1, 0.15) is 16.8 Å². The van der Waals surface area contributed by atoms with E-state index in [9.17, 15) is 13.2 Å². The van der Waals surface area contributed by atoms with Crippen molar-refractivity contribution in [1.29, 1.82) is 5.26 Å². The Morgan fingerprint density at radius 3 is 2.30 bits per heavy atom. The van der Waals surface area contributed by atoms with Gasteiger partial charge in [0.25, 0.3) is 0 Å². The van der Waals surface area contributed by atoms with E-state index >= 15 is 0 Å². The van der Waals surface area contributed by atoms with Gasteiger partial charge in [0.2, 0.25) is 5.88 Å². The molecule has 0 spiro atoms. The van der Waals surface area contributed by atoms with Crippen LogP contribution in [0.15, 0.2) is 36.4 Å². The molecule has 0 aliphatic rings. The Balaban J connectivity index is 2.27. The van der Waals surface area contributed by atoms with Gasteiger partial charge in [-0.05, 0) is 43.3 Å². The number of aryl methyl sites for hydroxylation is 1. The summed E-state index contributed by atoms with van der Waals surface area (Å²) in [5, 5.41) is 8.92. The summed E-state index contributed by atoms with van der Waals surface area (Å²) < 4.78 is 42.6. The number of halogens is 3. The number of alkyl halides is 3. The highest BCUT2D eigenvalue weighted by Crippen LogP contribution is 2.31. The van der Waals surface area contributed by atoms with Gasteiger partial charge in [0, 0.05) is 5.69 Å². The summed E-state index contributed by atoms with van der Waals surface area (Å²) in [6, 6.07) is 9.31. The highest BCUT2D eigenvalue weighted by atomic mass is 19.4. The molecule has 0 aliphatic carbocycles. The van der Waals surface area contributed by atoms with Crippen LogP contribution in [0.3, 0.4) is 0 Å². The van der Waals surface area contributed by atoms with Crippen LogP contribution in [-0.2, 0) is 6.18 Å². The Morgan fingerprint density at radius 2 is 1.75 bits per heavy atom. The highest BCUT2D eigenvalue weighted by molar-refractivity contribution is 5.41. The van der Waals surface area contributed by atoms with Crippen LogP contribution >= 0.6 is 0 Å². The summed E-state index contributed by atoms with van der Waals surface area (Å²) >= 11 is 0. The normalized spacial score (nSPS) is 10.9. The third kappa shape index (κ3) is 3.06. The SMILES string of the molecule is Cc1ccc(C#N)c(Oc2ccc(C(F)(F)F)cc2)n1. The van der Waals surface area contributed by atoms with E-state index in [1.807, 2.05) is 6.07 Å². The first-order valence-electron chi connectivity index (χ1n) is 5.63. The minimum absolute atomic E-state index is 0.0762. The van der Waals surface area contributed by atoms with Crippen LogP contribution in [0.5, 0.6) is 11.6 Å². The number of nitrogens with zero attached hydrogens (tertiary/aromatic N) is 2. The maximum atomic E-state index is 12.4. The first-order chi connectivity index (χ1) is 9.40. The van der Waals surface area contributed by atoms with Gasteiger partial charge in [-0.15, -0.1) is 0 Å². The van der Waals surface area contributed by atoms with Gasteiger partial charge in [-0.25, -0.2) is 4.98 Å². The summed E-state index contributed by atoms with van der Waals surface area (Å²) in [5.41, 5.74) is 0.101. The van der Waals surface area contributed by atoms with Crippen molar-refractivity contribution in [3.05, 3.63) is 53.2 Å². The van der Waals surface area contributed by atoms with E-state index < -0.39 is 11.7 Å². The molecule has 102 valence electrons. The Kier molecular flexibility index (Phi) is 3.61. The largest absolute Gasteiger partial charge is 0.438 e. The molecule has 6 heteroatoms. The first kappa shape index (κ1) is 13.9. The topological polar surface area (TPSA) is 45.9 Å². The molecule has 1 aromatic heterocycles. The van der Waals surface area contributed by atoms with Crippen molar-refractivity contribution >= 4 is 0 Å². The summed E-state index contributed by atoms with van der Waals surface area (Å²) in [6.45, 7) is 1.72. The van der Waals surface area contributed by atoms with E-state index in [0.29, 0.717) is 5.69 Å². The number of benzene rings is 1. The van der Waals surface area contributed by atoms with Gasteiger partial charge in [0.05, 0.1) is 5.56 Å². The van der Waals surface area contributed by atoms with Crippen LogP contribution in [0.25, 0.3) is 0 Å². The molecule has 0 atom stereocenters. The van der Waals surface area contributed by atoms with E-state index in [-0.39, 0.29) is 17.2 Å². The minimum Gasteiger partial charge on any atom is -0.438 e. The molecule has 0 unspecified atom stereocenters. The van der Waals surface area contributed by atoms with Gasteiger partial charge in [0.1, 0.15) is 17.4 Å². The van der Waals surface area contributed by atoms with Crippen LogP contribution in [0.2, 0.25) is 0 Å². The van der Waals surface area contributed by atoms with Crippen molar-refractivity contribution < 1.29 is 17.9 Å². The molecule has 0 saturated heterocycles. The second-order valence-electron chi connectivity index (χ2n) is 4.04. The van der Waals surface area contributed by atoms with Crippen LogP contribution < -0.4 is 4.74 Å². The summed E-state index contributed by atoms with van der Waals surface area (Å²) in [4.78, 5) is 4.04. The Hall–Kier alpha value is -2.55. The molecule has 0 radical (unpaired) electrons. The first-order valence-corrected chi connectivity index (χ1v) is 5.63. The van der Waals surface area contributed by atoms with Crippen LogP contribution in [0, 0.1) is 18.3 Å². The van der Waals surface area contributed by atoms with Crippen molar-refractivity contribution in [2.24, 2.45) is 0 Å². The average molecular weight is 278 g/mol. The Morgan fingerprint density at radius 1 is 1.10 bits per heavy atom. The molecule has 0 N–H and O–H groups in total. The maximum Gasteiger partial charge on any atom is 0.416 e. The number of aromatic nitrogens is 1. The molecule has 2 aromatic rings. The van der Waals surface area contributed by atoms with E-state index in [0.717, 1.165) is 12.1 Å². The van der Waals surface area contributed by atoms with Gasteiger partial charge in [-0.2, -0.15) is 18.4 Å². The lowest BCUT2D eigenvalue weighted by Gasteiger charge is -2.09. The van der Waals surface area contributed by atoms with E-state index in [1.54, 1.807) is 19.1 Å². The third-order valence-corrected chi connectivity index (χ3v) is 2.52. The number of nitriles is 1. The Labute approximate surface area is 113 Å². The van der Waals surface area contributed by atoms with Crippen LogP contribution in [0.4, 0.5) is 13.2 Å². The zero-order valence-corrected chi connectivity index (χ0v) is 10.4. The molecule has 2 rings (SSSR count). The fourth-order valence-corrected chi connectivity index (χ4v) is 1.52. The minimum atomic E-state index is -4.39. The third-order valence-electron chi connectivity index (χ3n) is 2.52. The average Bonchev–Trinajstić information content (AvgIpc) is 2.38. The number of pyridine rings is 1. The molecule has 0 fully saturated rings. The lowest BCUT2D eigenvalue weighted by molar-refractivity contribution is -0.137. The molecule has 0 amide bonds. The molecule has 0 aliphatic heterocycles. The molecule has 1 aromatic carbocycles. The lowest BCUT2D eigenvalue weighted by Crippen LogP contribution is -2.04. The summed E-state index contributed by atoms with van der Waals surface area (Å²) in [6.07, 6.45) is -4.39. The zero-order chi connectivity index (χ0) is 14.8. The standard InChI is InChI=1S/C14H9F3N2O/c1-9-2-3-10(8-18)13(19-9)20-12-6-4-11(5-7-12)14(15,16)17/h2-7H,1H3. The van der Waals surface area contributed by atoms with Crippen molar-refractivity contribution in [2.75, 3.05) is 0 Å². The van der Waals surface area contributed by atoms with Crippen LogP contribution in [-0.4, -0.2) is 4.98 Å². The van der Waals surface area contributed by atoms with Gasteiger partial charge >= 0.3 is 6.18 Å². The van der Waals surface area contributed by atoms with Gasteiger partial charge in [-0.1, -0.05) is 0 Å². The molecular weight excluding hydrogens is 269 g/mol. The van der Waals surface area contributed by atoms with Crippen molar-refractivity contribution in [3.8, 4) is 17.7 Å². The smallest absolute Gasteiger partial charge is 0.416 e. The molecule has 0 saturated carbocycles. The second kappa shape index (κ2) is 5.21. The van der Waals surface area contributed by atoms with Crippen molar-refractivity contribution in [1.82, 2.24) is 4.98 Å². The zero-order valence-electron chi connectivity index (χ0n) is 10.4. The van der Waals surface area contributed by atoms with Gasteiger partial charge in [0.15, 0.2) is 0 Å². The summed E-state index contributed by atoms with van der Waals surface area (Å²) in [5.74, 6) is 0.264. The van der Waals surface area contributed by atoms with Gasteiger partial charge < -0.3 is 4.74 Å². The highest BCUT2D eigenvalue weighted by Gasteiger charge is 2.30. The maximum absolute atomic E-state index is 12.4. The summed E-state index contributed by atoms with van der Waals surface area (Å²) in [7, 11) is 0. The second-order valence-corrected chi connectivity index (χ2v) is 4.04. The fourth-order valence-electron chi connectivity index (χ4n) is 1.52. The molecule has 1 heterocycles. The Bertz CT molecular complexity index is 658. The van der Waals surface area contributed by atoms with E-state index in [2.05, 4.69) is 4.98 Å². The number of hydrogen-bond donors (Lipinski definition) is 0.